The van der Waals surface area contributed by atoms with Crippen molar-refractivity contribution in [2.24, 2.45) is 0 Å². The molecule has 116 valence electrons. The van der Waals surface area contributed by atoms with Gasteiger partial charge in [0.05, 0.1) is 11.9 Å². The van der Waals surface area contributed by atoms with Gasteiger partial charge in [-0.05, 0) is 18.1 Å². The zero-order valence-electron chi connectivity index (χ0n) is 12.8. The summed E-state index contributed by atoms with van der Waals surface area (Å²) in [6.07, 6.45) is 2.62. The predicted octanol–water partition coefficient (Wildman–Crippen LogP) is 3.92. The number of aromatic nitrogens is 2. The Morgan fingerprint density at radius 1 is 1.13 bits per heavy atom. The minimum absolute atomic E-state index is 0.0364. The molecule has 0 atom stereocenters. The lowest BCUT2D eigenvalue weighted by Gasteiger charge is -2.09. The SMILES string of the molecule is CCc1ccccc1NC(=O)CSc1nncc2ccccc12. The van der Waals surface area contributed by atoms with E-state index in [1.54, 1.807) is 6.20 Å². The van der Waals surface area contributed by atoms with Crippen LogP contribution in [0.5, 0.6) is 0 Å². The molecule has 0 bridgehead atoms. The summed E-state index contributed by atoms with van der Waals surface area (Å²) in [5.74, 6) is 0.270. The van der Waals surface area contributed by atoms with E-state index in [0.29, 0.717) is 5.75 Å². The molecule has 4 nitrogen and oxygen atoms in total. The number of amides is 1. The van der Waals surface area contributed by atoms with Crippen LogP contribution in [0.1, 0.15) is 12.5 Å². The molecule has 0 saturated carbocycles. The van der Waals surface area contributed by atoms with E-state index in [2.05, 4.69) is 22.4 Å². The van der Waals surface area contributed by atoms with Crippen LogP contribution in [0, 0.1) is 0 Å². The average Bonchev–Trinajstić information content (AvgIpc) is 2.60. The number of hydrogen-bond acceptors (Lipinski definition) is 4. The highest BCUT2D eigenvalue weighted by Crippen LogP contribution is 2.25. The molecule has 5 heteroatoms. The van der Waals surface area contributed by atoms with Crippen molar-refractivity contribution in [1.82, 2.24) is 10.2 Å². The van der Waals surface area contributed by atoms with Gasteiger partial charge in [-0.15, -0.1) is 5.10 Å². The van der Waals surface area contributed by atoms with Crippen LogP contribution in [0.25, 0.3) is 10.8 Å². The van der Waals surface area contributed by atoms with E-state index < -0.39 is 0 Å². The molecule has 1 amide bonds. The number of rotatable bonds is 5. The second-order valence-corrected chi connectivity index (χ2v) is 6.05. The second-order valence-electron chi connectivity index (χ2n) is 5.08. The Balaban J connectivity index is 1.69. The lowest BCUT2D eigenvalue weighted by molar-refractivity contribution is -0.113. The number of nitrogens with zero attached hydrogens (tertiary/aromatic N) is 2. The molecule has 0 fully saturated rings. The summed E-state index contributed by atoms with van der Waals surface area (Å²) in [7, 11) is 0. The molecule has 1 aromatic heterocycles. The summed E-state index contributed by atoms with van der Waals surface area (Å²) < 4.78 is 0. The van der Waals surface area contributed by atoms with Gasteiger partial charge >= 0.3 is 0 Å². The molecule has 0 spiro atoms. The van der Waals surface area contributed by atoms with E-state index in [4.69, 9.17) is 0 Å². The number of hydrogen-bond donors (Lipinski definition) is 1. The Labute approximate surface area is 139 Å². The van der Waals surface area contributed by atoms with Gasteiger partial charge in [-0.25, -0.2) is 0 Å². The summed E-state index contributed by atoms with van der Waals surface area (Å²) in [6, 6.07) is 15.8. The van der Waals surface area contributed by atoms with E-state index in [0.717, 1.165) is 33.5 Å². The van der Waals surface area contributed by atoms with Crippen LogP contribution in [0.4, 0.5) is 5.69 Å². The zero-order valence-corrected chi connectivity index (χ0v) is 13.6. The van der Waals surface area contributed by atoms with Crippen molar-refractivity contribution in [3.8, 4) is 0 Å². The highest BCUT2D eigenvalue weighted by atomic mass is 32.2. The number of thioether (sulfide) groups is 1. The molecule has 23 heavy (non-hydrogen) atoms. The Bertz CT molecular complexity index is 830. The van der Waals surface area contributed by atoms with Gasteiger partial charge in [-0.3, -0.25) is 4.79 Å². The quantitative estimate of drug-likeness (QED) is 0.723. The van der Waals surface area contributed by atoms with Crippen LogP contribution >= 0.6 is 11.8 Å². The average molecular weight is 323 g/mol. The Hall–Kier alpha value is -2.40. The normalized spacial score (nSPS) is 10.7. The number of para-hydroxylation sites is 1. The summed E-state index contributed by atoms with van der Waals surface area (Å²) in [5.41, 5.74) is 2.01. The fraction of sp³-hybridized carbons (Fsp3) is 0.167. The van der Waals surface area contributed by atoms with Gasteiger partial charge in [-0.1, -0.05) is 61.2 Å². The highest BCUT2D eigenvalue weighted by molar-refractivity contribution is 8.00. The molecule has 3 aromatic rings. The first-order chi connectivity index (χ1) is 11.3. The van der Waals surface area contributed by atoms with E-state index in [9.17, 15) is 4.79 Å². The number of nitrogens with one attached hydrogen (secondary N) is 1. The Kier molecular flexibility index (Phi) is 4.88. The maximum atomic E-state index is 12.2. The summed E-state index contributed by atoms with van der Waals surface area (Å²) in [5, 5.41) is 14.0. The maximum absolute atomic E-state index is 12.2. The summed E-state index contributed by atoms with van der Waals surface area (Å²) in [6.45, 7) is 2.07. The topological polar surface area (TPSA) is 54.9 Å². The molecule has 0 unspecified atom stereocenters. The lowest BCUT2D eigenvalue weighted by Crippen LogP contribution is -2.15. The smallest absolute Gasteiger partial charge is 0.234 e. The first-order valence-corrected chi connectivity index (χ1v) is 8.47. The van der Waals surface area contributed by atoms with Crippen molar-refractivity contribution in [3.63, 3.8) is 0 Å². The fourth-order valence-electron chi connectivity index (χ4n) is 2.38. The predicted molar refractivity (Wildman–Crippen MR) is 94.7 cm³/mol. The molecule has 3 rings (SSSR count). The van der Waals surface area contributed by atoms with Gasteiger partial charge in [-0.2, -0.15) is 5.10 Å². The third kappa shape index (κ3) is 3.68. The van der Waals surface area contributed by atoms with Gasteiger partial charge < -0.3 is 5.32 Å². The van der Waals surface area contributed by atoms with Crippen molar-refractivity contribution in [2.45, 2.75) is 18.4 Å². The minimum Gasteiger partial charge on any atom is -0.325 e. The van der Waals surface area contributed by atoms with Crippen molar-refractivity contribution in [1.29, 1.82) is 0 Å². The third-order valence-corrected chi connectivity index (χ3v) is 4.53. The largest absolute Gasteiger partial charge is 0.325 e. The van der Waals surface area contributed by atoms with Crippen molar-refractivity contribution in [2.75, 3.05) is 11.1 Å². The number of aryl methyl sites for hydroxylation is 1. The number of benzene rings is 2. The first-order valence-electron chi connectivity index (χ1n) is 7.49. The van der Waals surface area contributed by atoms with Crippen LogP contribution in [0.15, 0.2) is 59.8 Å². The van der Waals surface area contributed by atoms with Crippen LogP contribution in [0.2, 0.25) is 0 Å². The molecule has 0 aliphatic carbocycles. The second kappa shape index (κ2) is 7.24. The summed E-state index contributed by atoms with van der Waals surface area (Å²) >= 11 is 1.41. The van der Waals surface area contributed by atoms with Gasteiger partial charge in [0.2, 0.25) is 5.91 Å². The highest BCUT2D eigenvalue weighted by Gasteiger charge is 2.09. The molecule has 1 N–H and O–H groups in total. The Morgan fingerprint density at radius 3 is 2.78 bits per heavy atom. The van der Waals surface area contributed by atoms with Gasteiger partial charge in [0.25, 0.3) is 0 Å². The number of fused-ring (bicyclic) bond motifs is 1. The van der Waals surface area contributed by atoms with Gasteiger partial charge in [0.1, 0.15) is 5.03 Å². The van der Waals surface area contributed by atoms with E-state index in [-0.39, 0.29) is 5.91 Å². The van der Waals surface area contributed by atoms with Crippen LogP contribution in [-0.4, -0.2) is 21.9 Å². The number of carbonyl (C=O) groups is 1. The zero-order chi connectivity index (χ0) is 16.1. The molecule has 1 heterocycles. The van der Waals surface area contributed by atoms with Gasteiger partial charge in [0.15, 0.2) is 0 Å². The molecular weight excluding hydrogens is 306 g/mol. The van der Waals surface area contributed by atoms with E-state index in [1.807, 2.05) is 48.5 Å². The fourth-order valence-corrected chi connectivity index (χ4v) is 3.17. The number of carbonyl (C=O) groups excluding carboxylic acids is 1. The van der Waals surface area contributed by atoms with Crippen molar-refractivity contribution in [3.05, 3.63) is 60.3 Å². The molecule has 0 saturated heterocycles. The van der Waals surface area contributed by atoms with Crippen LogP contribution in [0.3, 0.4) is 0 Å². The summed E-state index contributed by atoms with van der Waals surface area (Å²) in [4.78, 5) is 12.2. The van der Waals surface area contributed by atoms with Crippen LogP contribution in [-0.2, 0) is 11.2 Å². The van der Waals surface area contributed by atoms with E-state index in [1.165, 1.54) is 11.8 Å². The molecule has 2 aromatic carbocycles. The van der Waals surface area contributed by atoms with Crippen molar-refractivity contribution >= 4 is 34.1 Å². The minimum atomic E-state index is -0.0364. The maximum Gasteiger partial charge on any atom is 0.234 e. The lowest BCUT2D eigenvalue weighted by atomic mass is 10.1. The molecule has 0 aliphatic heterocycles. The Morgan fingerprint density at radius 2 is 1.91 bits per heavy atom. The number of anilines is 1. The molecule has 0 radical (unpaired) electrons. The molecule has 0 aliphatic rings. The molecular formula is C18H17N3OS. The third-order valence-electron chi connectivity index (χ3n) is 3.55. The van der Waals surface area contributed by atoms with Crippen LogP contribution < -0.4 is 5.32 Å². The van der Waals surface area contributed by atoms with Gasteiger partial charge in [0, 0.05) is 16.5 Å². The first kappa shape index (κ1) is 15.5. The van der Waals surface area contributed by atoms with E-state index >= 15 is 0 Å². The monoisotopic (exact) mass is 323 g/mol. The standard InChI is InChI=1S/C18H17N3OS/c1-2-13-7-4-6-10-16(13)20-17(22)12-23-18-15-9-5-3-8-14(15)11-19-21-18/h3-11H,2,12H2,1H3,(H,20,22). The van der Waals surface area contributed by atoms with Crippen molar-refractivity contribution < 1.29 is 4.79 Å².